The molecular formula is C42H57IrN2O2-. The maximum atomic E-state index is 12.2. The Hall–Kier alpha value is -2.88. The zero-order chi connectivity index (χ0) is 34.6. The van der Waals surface area contributed by atoms with Crippen LogP contribution in [0.3, 0.4) is 0 Å². The number of nitrogens with zero attached hydrogens (tertiary/aromatic N) is 2. The largest absolute Gasteiger partial charge is 0.512 e. The van der Waals surface area contributed by atoms with Gasteiger partial charge in [0.2, 0.25) is 0 Å². The third kappa shape index (κ3) is 8.98. The minimum Gasteiger partial charge on any atom is -0.512 e. The zero-order valence-electron chi connectivity index (χ0n) is 31.1. The van der Waals surface area contributed by atoms with Crippen LogP contribution in [0.15, 0.2) is 54.3 Å². The summed E-state index contributed by atoms with van der Waals surface area (Å²) in [5.41, 5.74) is 6.31. The summed E-state index contributed by atoms with van der Waals surface area (Å²) in [7, 11) is 0. The van der Waals surface area contributed by atoms with Crippen LogP contribution in [0.2, 0.25) is 0 Å². The molecule has 5 heteroatoms. The number of aliphatic hydroxyl groups excluding tert-OH is 1. The third-order valence-corrected chi connectivity index (χ3v) is 10.2. The van der Waals surface area contributed by atoms with Gasteiger partial charge in [0.15, 0.2) is 5.78 Å². The number of aliphatic hydroxyl groups is 1. The minimum absolute atomic E-state index is 0. The second-order valence-corrected chi connectivity index (χ2v) is 14.8. The van der Waals surface area contributed by atoms with Crippen LogP contribution in [-0.2, 0) is 30.3 Å². The van der Waals surface area contributed by atoms with E-state index in [1.54, 1.807) is 0 Å². The number of aryl methyl sites for hydroxylation is 2. The van der Waals surface area contributed by atoms with Gasteiger partial charge in [-0.05, 0) is 66.0 Å². The van der Waals surface area contributed by atoms with Crippen molar-refractivity contribution in [2.75, 3.05) is 0 Å². The molecule has 0 fully saturated rings. The molecule has 0 aliphatic rings. The van der Waals surface area contributed by atoms with Crippen molar-refractivity contribution in [3.63, 3.8) is 0 Å². The molecule has 47 heavy (non-hydrogen) atoms. The summed E-state index contributed by atoms with van der Waals surface area (Å²) in [4.78, 5) is 22.0. The van der Waals surface area contributed by atoms with E-state index in [1.165, 1.54) is 28.0 Å². The van der Waals surface area contributed by atoms with Gasteiger partial charge in [-0.1, -0.05) is 113 Å². The normalized spacial score (nSPS) is 12.6. The molecule has 1 aromatic heterocycles. The molecule has 0 saturated carbocycles. The van der Waals surface area contributed by atoms with Crippen LogP contribution >= 0.6 is 0 Å². The predicted octanol–water partition coefficient (Wildman–Crippen LogP) is 11.9. The number of hydrogen-bond donors (Lipinski definition) is 1. The molecule has 1 radical (unpaired) electrons. The van der Waals surface area contributed by atoms with Gasteiger partial charge in [0.05, 0.1) is 5.52 Å². The van der Waals surface area contributed by atoms with Crippen molar-refractivity contribution in [1.82, 2.24) is 9.97 Å². The number of carbonyl (C=O) groups is 1. The van der Waals surface area contributed by atoms with Crippen molar-refractivity contribution in [3.05, 3.63) is 82.9 Å². The number of rotatable bonds is 9. The number of hydrogen-bond acceptors (Lipinski definition) is 4. The second kappa shape index (κ2) is 16.0. The predicted molar refractivity (Wildman–Crippen MR) is 197 cm³/mol. The SMILES string of the molecule is CCC(C)(CC)C(=O)/C=C(\O)C(C)(CC)CC.Cc1[c-]c(-c2nc(C)nc3c2ccc2cccc(C(C)C)c23)cc(C(C)(C)C)c1.[Ir]. The van der Waals surface area contributed by atoms with E-state index < -0.39 is 0 Å². The first-order valence-corrected chi connectivity index (χ1v) is 17.1. The van der Waals surface area contributed by atoms with Gasteiger partial charge in [0.25, 0.3) is 0 Å². The van der Waals surface area contributed by atoms with Crippen LogP contribution in [0.25, 0.3) is 32.9 Å². The molecule has 0 atom stereocenters. The second-order valence-electron chi connectivity index (χ2n) is 14.8. The van der Waals surface area contributed by atoms with Crippen LogP contribution in [0.5, 0.6) is 0 Å². The van der Waals surface area contributed by atoms with Crippen molar-refractivity contribution in [2.24, 2.45) is 10.8 Å². The van der Waals surface area contributed by atoms with Crippen LogP contribution in [0.4, 0.5) is 0 Å². The molecule has 257 valence electrons. The van der Waals surface area contributed by atoms with E-state index in [4.69, 9.17) is 9.97 Å². The number of aromatic nitrogens is 2. The summed E-state index contributed by atoms with van der Waals surface area (Å²) in [6, 6.07) is 18.9. The Morgan fingerprint density at radius 1 is 0.872 bits per heavy atom. The van der Waals surface area contributed by atoms with Crippen molar-refractivity contribution in [1.29, 1.82) is 0 Å². The quantitative estimate of drug-likeness (QED) is 0.0791. The fourth-order valence-corrected chi connectivity index (χ4v) is 5.75. The van der Waals surface area contributed by atoms with E-state index in [2.05, 4.69) is 90.1 Å². The van der Waals surface area contributed by atoms with Gasteiger partial charge >= 0.3 is 0 Å². The molecule has 3 aromatic carbocycles. The van der Waals surface area contributed by atoms with E-state index in [1.807, 2.05) is 48.5 Å². The third-order valence-electron chi connectivity index (χ3n) is 10.2. The van der Waals surface area contributed by atoms with Gasteiger partial charge < -0.3 is 5.11 Å². The fraction of sp³-hybridized carbons (Fsp3) is 0.500. The monoisotopic (exact) mass is 814 g/mol. The molecule has 4 aromatic rings. The smallest absolute Gasteiger partial charge is 0.164 e. The molecule has 1 heterocycles. The summed E-state index contributed by atoms with van der Waals surface area (Å²) >= 11 is 0. The molecule has 0 aliphatic heterocycles. The maximum absolute atomic E-state index is 12.2. The van der Waals surface area contributed by atoms with Gasteiger partial charge in [-0.15, -0.1) is 34.9 Å². The number of carbonyl (C=O) groups excluding carboxylic acids is 1. The number of benzene rings is 3. The van der Waals surface area contributed by atoms with Gasteiger partial charge in [-0.2, -0.15) is 0 Å². The van der Waals surface area contributed by atoms with Crippen LogP contribution in [0.1, 0.15) is 130 Å². The van der Waals surface area contributed by atoms with Crippen molar-refractivity contribution in [3.8, 4) is 11.3 Å². The van der Waals surface area contributed by atoms with Crippen LogP contribution in [0, 0.1) is 30.7 Å². The van der Waals surface area contributed by atoms with Crippen molar-refractivity contribution >= 4 is 27.5 Å². The Balaban J connectivity index is 0.000000370. The molecular weight excluding hydrogens is 757 g/mol. The van der Waals surface area contributed by atoms with Gasteiger partial charge in [-0.3, -0.25) is 9.78 Å². The van der Waals surface area contributed by atoms with Gasteiger partial charge in [0.1, 0.15) is 11.6 Å². The molecule has 0 aliphatic carbocycles. The Morgan fingerprint density at radius 3 is 2.00 bits per heavy atom. The Kier molecular flexibility index (Phi) is 13.7. The number of allylic oxidation sites excluding steroid dienone is 2. The average molecular weight is 814 g/mol. The summed E-state index contributed by atoms with van der Waals surface area (Å²) in [5.74, 6) is 1.51. The number of fused-ring (bicyclic) bond motifs is 3. The summed E-state index contributed by atoms with van der Waals surface area (Å²) in [5, 5.41) is 13.7. The minimum atomic E-state index is -0.337. The van der Waals surface area contributed by atoms with E-state index in [0.717, 1.165) is 59.2 Å². The van der Waals surface area contributed by atoms with Crippen LogP contribution < -0.4 is 0 Å². The van der Waals surface area contributed by atoms with Crippen LogP contribution in [-0.4, -0.2) is 20.9 Å². The Labute approximate surface area is 298 Å². The number of ketones is 1. The van der Waals surface area contributed by atoms with Crippen molar-refractivity contribution < 1.29 is 30.0 Å². The standard InChI is InChI=1S/C27H29N2.C15H28O2.Ir/c1-16(2)22-10-8-9-19-11-12-23-25(28-18(4)29-26(23)24(19)22)20-13-17(3)14-21(15-20)27(5,6)7;1-7-14(5,8-2)12(16)11-13(17)15(6,9-3)10-4;/h8-12,14-16H,1-7H3;11,16H,7-10H2,1-6H3;/q-1;;/b;12-11-;. The summed E-state index contributed by atoms with van der Waals surface area (Å²) in [6.45, 7) is 27.4. The Bertz CT molecular complexity index is 1720. The van der Waals surface area contributed by atoms with Crippen molar-refractivity contribution in [2.45, 2.75) is 127 Å². The summed E-state index contributed by atoms with van der Waals surface area (Å²) < 4.78 is 0. The molecule has 0 amide bonds. The van der Waals surface area contributed by atoms with E-state index in [9.17, 15) is 9.90 Å². The average Bonchev–Trinajstić information content (AvgIpc) is 3.02. The first-order chi connectivity index (χ1) is 21.4. The van der Waals surface area contributed by atoms with E-state index in [0.29, 0.717) is 5.92 Å². The molecule has 0 bridgehead atoms. The Morgan fingerprint density at radius 2 is 1.47 bits per heavy atom. The van der Waals surface area contributed by atoms with E-state index in [-0.39, 0.29) is 47.9 Å². The molecule has 0 unspecified atom stereocenters. The molecule has 0 saturated heterocycles. The van der Waals surface area contributed by atoms with Gasteiger partial charge in [0, 0.05) is 42.4 Å². The topological polar surface area (TPSA) is 63.1 Å². The molecule has 4 rings (SSSR count). The fourth-order valence-electron chi connectivity index (χ4n) is 5.75. The first-order valence-electron chi connectivity index (χ1n) is 17.1. The zero-order valence-corrected chi connectivity index (χ0v) is 33.5. The maximum Gasteiger partial charge on any atom is 0.164 e. The van der Waals surface area contributed by atoms with E-state index >= 15 is 0 Å². The molecule has 1 N–H and O–H groups in total. The summed E-state index contributed by atoms with van der Waals surface area (Å²) in [6.07, 6.45) is 4.75. The molecule has 0 spiro atoms. The first kappa shape index (κ1) is 40.3. The van der Waals surface area contributed by atoms with Gasteiger partial charge in [-0.25, -0.2) is 4.98 Å². The molecule has 4 nitrogen and oxygen atoms in total.